The van der Waals surface area contributed by atoms with Gasteiger partial charge in [-0.1, -0.05) is 30.3 Å². The van der Waals surface area contributed by atoms with Gasteiger partial charge in [-0.3, -0.25) is 9.78 Å². The summed E-state index contributed by atoms with van der Waals surface area (Å²) in [5.41, 5.74) is 4.07. The molecule has 0 bridgehead atoms. The standard InChI is InChI=1S/C27H27ClN6O3/c1-5-25(35)31-21-14-20(23(36-4)15-24(21)37-12-11-34(2)3)32-27-30-16-22-26(33-27)19(9-10-29-22)17-7-6-8-18(28)13-17/h5-10,13-16H,1,11-12H2,2-4H3,(H,31,35)(H,30,32,33). The van der Waals surface area contributed by atoms with Gasteiger partial charge in [-0.25, -0.2) is 9.97 Å². The topological polar surface area (TPSA) is 102 Å². The number of benzene rings is 2. The second kappa shape index (κ2) is 11.7. The molecule has 0 aliphatic rings. The molecule has 0 spiro atoms. The number of methoxy groups -OCH3 is 1. The largest absolute Gasteiger partial charge is 0.494 e. The summed E-state index contributed by atoms with van der Waals surface area (Å²) in [6.07, 6.45) is 4.55. The zero-order valence-electron chi connectivity index (χ0n) is 20.8. The smallest absolute Gasteiger partial charge is 0.247 e. The van der Waals surface area contributed by atoms with Crippen molar-refractivity contribution in [3.8, 4) is 22.6 Å². The van der Waals surface area contributed by atoms with Crippen LogP contribution in [0.3, 0.4) is 0 Å². The maximum atomic E-state index is 12.1. The van der Waals surface area contributed by atoms with E-state index in [4.69, 9.17) is 26.1 Å². The first-order chi connectivity index (χ1) is 17.9. The quantitative estimate of drug-likeness (QED) is 0.277. The number of fused-ring (bicyclic) bond motifs is 1. The third kappa shape index (κ3) is 6.32. The Labute approximate surface area is 220 Å². The summed E-state index contributed by atoms with van der Waals surface area (Å²) in [5.74, 6) is 0.907. The third-order valence-electron chi connectivity index (χ3n) is 5.40. The maximum Gasteiger partial charge on any atom is 0.247 e. The van der Waals surface area contributed by atoms with E-state index < -0.39 is 0 Å². The fourth-order valence-corrected chi connectivity index (χ4v) is 3.77. The molecule has 10 heteroatoms. The molecule has 0 saturated carbocycles. The number of rotatable bonds is 10. The molecule has 0 saturated heterocycles. The molecule has 0 aliphatic carbocycles. The van der Waals surface area contributed by atoms with E-state index in [-0.39, 0.29) is 5.91 Å². The van der Waals surface area contributed by atoms with Crippen molar-refractivity contribution in [1.82, 2.24) is 19.9 Å². The number of nitrogens with one attached hydrogen (secondary N) is 2. The molecule has 37 heavy (non-hydrogen) atoms. The lowest BCUT2D eigenvalue weighted by Crippen LogP contribution is -2.20. The van der Waals surface area contributed by atoms with Crippen molar-refractivity contribution < 1.29 is 14.3 Å². The minimum atomic E-state index is -0.368. The van der Waals surface area contributed by atoms with Gasteiger partial charge in [0.1, 0.15) is 29.1 Å². The highest BCUT2D eigenvalue weighted by atomic mass is 35.5. The molecular formula is C27H27ClN6O3. The summed E-state index contributed by atoms with van der Waals surface area (Å²) in [7, 11) is 5.46. The molecule has 2 N–H and O–H groups in total. The molecule has 2 aromatic heterocycles. The molecule has 2 heterocycles. The Morgan fingerprint density at radius 1 is 1.14 bits per heavy atom. The lowest BCUT2D eigenvalue weighted by molar-refractivity contribution is -0.111. The van der Waals surface area contributed by atoms with Gasteiger partial charge in [0, 0.05) is 29.4 Å². The van der Waals surface area contributed by atoms with Crippen LogP contribution in [-0.2, 0) is 4.79 Å². The van der Waals surface area contributed by atoms with Crippen molar-refractivity contribution in [3.63, 3.8) is 0 Å². The fraction of sp³-hybridized carbons (Fsp3) is 0.185. The van der Waals surface area contributed by atoms with Gasteiger partial charge in [0.2, 0.25) is 11.9 Å². The van der Waals surface area contributed by atoms with Crippen LogP contribution in [0, 0.1) is 0 Å². The first-order valence-corrected chi connectivity index (χ1v) is 11.8. The molecule has 0 aliphatic heterocycles. The van der Waals surface area contributed by atoms with E-state index in [0.717, 1.165) is 11.1 Å². The Balaban J connectivity index is 1.72. The van der Waals surface area contributed by atoms with Crippen LogP contribution >= 0.6 is 11.6 Å². The Morgan fingerprint density at radius 3 is 2.70 bits per heavy atom. The number of amides is 1. The second-order valence-corrected chi connectivity index (χ2v) is 8.75. The maximum absolute atomic E-state index is 12.1. The fourth-order valence-electron chi connectivity index (χ4n) is 3.58. The number of aromatic nitrogens is 3. The highest BCUT2D eigenvalue weighted by Crippen LogP contribution is 2.38. The molecule has 4 aromatic rings. The minimum absolute atomic E-state index is 0.323. The second-order valence-electron chi connectivity index (χ2n) is 8.32. The number of ether oxygens (including phenoxy) is 2. The van der Waals surface area contributed by atoms with Gasteiger partial charge in [-0.05, 0) is 50.0 Å². The molecule has 0 fully saturated rings. The first-order valence-electron chi connectivity index (χ1n) is 11.5. The normalized spacial score (nSPS) is 10.8. The van der Waals surface area contributed by atoms with Crippen LogP contribution in [-0.4, -0.2) is 60.1 Å². The number of carbonyl (C=O) groups excluding carboxylic acids is 1. The number of carbonyl (C=O) groups is 1. The molecule has 1 amide bonds. The summed E-state index contributed by atoms with van der Waals surface area (Å²) < 4.78 is 11.5. The lowest BCUT2D eigenvalue weighted by atomic mass is 10.1. The van der Waals surface area contributed by atoms with Crippen LogP contribution in [0.5, 0.6) is 11.5 Å². The predicted molar refractivity (Wildman–Crippen MR) is 147 cm³/mol. The van der Waals surface area contributed by atoms with Crippen molar-refractivity contribution in [1.29, 1.82) is 0 Å². The molecule has 2 aromatic carbocycles. The number of pyridine rings is 1. The number of hydrogen-bond acceptors (Lipinski definition) is 8. The monoisotopic (exact) mass is 518 g/mol. The number of hydrogen-bond donors (Lipinski definition) is 2. The summed E-state index contributed by atoms with van der Waals surface area (Å²) in [6, 6.07) is 12.8. The van der Waals surface area contributed by atoms with Gasteiger partial charge in [-0.15, -0.1) is 0 Å². The number of anilines is 3. The average molecular weight is 519 g/mol. The van der Waals surface area contributed by atoms with Gasteiger partial charge < -0.3 is 25.0 Å². The van der Waals surface area contributed by atoms with Gasteiger partial charge in [-0.2, -0.15) is 0 Å². The van der Waals surface area contributed by atoms with E-state index in [1.54, 1.807) is 31.6 Å². The van der Waals surface area contributed by atoms with Crippen LogP contribution in [0.1, 0.15) is 0 Å². The van der Waals surface area contributed by atoms with E-state index in [9.17, 15) is 4.79 Å². The van der Waals surface area contributed by atoms with Crippen molar-refractivity contribution in [2.24, 2.45) is 0 Å². The Morgan fingerprint density at radius 2 is 1.97 bits per heavy atom. The third-order valence-corrected chi connectivity index (χ3v) is 5.64. The molecule has 0 unspecified atom stereocenters. The molecular weight excluding hydrogens is 492 g/mol. The Hall–Kier alpha value is -4.21. The van der Waals surface area contributed by atoms with Crippen LogP contribution < -0.4 is 20.1 Å². The van der Waals surface area contributed by atoms with E-state index in [1.165, 1.54) is 6.08 Å². The summed E-state index contributed by atoms with van der Waals surface area (Å²) in [5, 5.41) is 6.61. The Bertz CT molecular complexity index is 1440. The van der Waals surface area contributed by atoms with Gasteiger partial charge in [0.15, 0.2) is 0 Å². The summed E-state index contributed by atoms with van der Waals surface area (Å²) in [6.45, 7) is 4.65. The molecule has 0 radical (unpaired) electrons. The molecule has 190 valence electrons. The van der Waals surface area contributed by atoms with Crippen molar-refractivity contribution in [3.05, 3.63) is 72.5 Å². The SMILES string of the molecule is C=CC(=O)Nc1cc(Nc2ncc3nccc(-c4cccc(Cl)c4)c3n2)c(OC)cc1OCCN(C)C. The molecule has 0 atom stereocenters. The van der Waals surface area contributed by atoms with Crippen LogP contribution in [0.2, 0.25) is 5.02 Å². The van der Waals surface area contributed by atoms with Gasteiger partial charge in [0.05, 0.1) is 24.7 Å². The van der Waals surface area contributed by atoms with Crippen LogP contribution in [0.25, 0.3) is 22.2 Å². The lowest BCUT2D eigenvalue weighted by Gasteiger charge is -2.18. The first kappa shape index (κ1) is 25.9. The summed E-state index contributed by atoms with van der Waals surface area (Å²) >= 11 is 6.22. The van der Waals surface area contributed by atoms with E-state index in [0.29, 0.717) is 58.0 Å². The Kier molecular flexibility index (Phi) is 8.17. The average Bonchev–Trinajstić information content (AvgIpc) is 2.89. The molecule has 4 rings (SSSR count). The van der Waals surface area contributed by atoms with Crippen LogP contribution in [0.4, 0.5) is 17.3 Å². The highest BCUT2D eigenvalue weighted by molar-refractivity contribution is 6.30. The van der Waals surface area contributed by atoms with Gasteiger partial charge in [0.25, 0.3) is 0 Å². The van der Waals surface area contributed by atoms with Crippen molar-refractivity contribution in [2.75, 3.05) is 45.0 Å². The van der Waals surface area contributed by atoms with E-state index >= 15 is 0 Å². The zero-order chi connectivity index (χ0) is 26.4. The van der Waals surface area contributed by atoms with E-state index in [2.05, 4.69) is 27.2 Å². The highest BCUT2D eigenvalue weighted by Gasteiger charge is 2.16. The van der Waals surface area contributed by atoms with Crippen LogP contribution in [0.15, 0.2) is 67.5 Å². The number of nitrogens with zero attached hydrogens (tertiary/aromatic N) is 4. The summed E-state index contributed by atoms with van der Waals surface area (Å²) in [4.78, 5) is 27.6. The molecule has 9 nitrogen and oxygen atoms in total. The predicted octanol–water partition coefficient (Wildman–Crippen LogP) is 5.16. The van der Waals surface area contributed by atoms with Gasteiger partial charge >= 0.3 is 0 Å². The zero-order valence-corrected chi connectivity index (χ0v) is 21.5. The number of likely N-dealkylation sites (N-methyl/N-ethyl adjacent to an activating group) is 1. The number of halogens is 1. The van der Waals surface area contributed by atoms with Crippen molar-refractivity contribution in [2.45, 2.75) is 0 Å². The minimum Gasteiger partial charge on any atom is -0.494 e. The van der Waals surface area contributed by atoms with Crippen molar-refractivity contribution >= 4 is 45.9 Å². The van der Waals surface area contributed by atoms with E-state index in [1.807, 2.05) is 49.3 Å².